The molecular weight excluding hydrogens is 240 g/mol. The Kier molecular flexibility index (Phi) is 3.47. The van der Waals surface area contributed by atoms with Crippen LogP contribution in [0.5, 0.6) is 0 Å². The molecule has 1 aromatic heterocycles. The number of carboxylic acids is 1. The van der Waals surface area contributed by atoms with E-state index >= 15 is 0 Å². The van der Waals surface area contributed by atoms with Crippen molar-refractivity contribution in [2.75, 3.05) is 6.54 Å². The van der Waals surface area contributed by atoms with Crippen LogP contribution in [0.4, 0.5) is 4.79 Å². The Morgan fingerprint density at radius 1 is 1.61 bits per heavy atom. The van der Waals surface area contributed by atoms with E-state index in [2.05, 4.69) is 15.3 Å². The fraction of sp³-hybridized carbons (Fsp3) is 0.500. The van der Waals surface area contributed by atoms with E-state index in [-0.39, 0.29) is 19.5 Å². The van der Waals surface area contributed by atoms with Crippen LogP contribution in [-0.4, -0.2) is 55.8 Å². The number of rotatable bonds is 3. The number of imidazole rings is 1. The number of carbonyl (C=O) groups is 2. The van der Waals surface area contributed by atoms with Crippen molar-refractivity contribution in [1.82, 2.24) is 20.2 Å². The van der Waals surface area contributed by atoms with E-state index in [0.717, 1.165) is 4.90 Å². The number of β-amino-alcohol motifs (C(OH)–C–C–N with tert-alkyl or cyclic N) is 1. The van der Waals surface area contributed by atoms with Crippen LogP contribution in [0.2, 0.25) is 0 Å². The number of aliphatic hydroxyl groups excluding tert-OH is 1. The highest BCUT2D eigenvalue weighted by Gasteiger charge is 2.38. The molecule has 2 amide bonds. The molecular formula is C10H14N4O4. The third-order valence-corrected chi connectivity index (χ3v) is 2.79. The van der Waals surface area contributed by atoms with Gasteiger partial charge in [0.1, 0.15) is 11.9 Å². The molecule has 1 aromatic rings. The minimum Gasteiger partial charge on any atom is -0.480 e. The zero-order valence-electron chi connectivity index (χ0n) is 9.54. The second-order valence-corrected chi connectivity index (χ2v) is 4.09. The van der Waals surface area contributed by atoms with Crippen LogP contribution < -0.4 is 5.32 Å². The van der Waals surface area contributed by atoms with Crippen molar-refractivity contribution in [3.05, 3.63) is 18.2 Å². The molecule has 2 rings (SSSR count). The number of amides is 2. The Morgan fingerprint density at radius 2 is 2.39 bits per heavy atom. The summed E-state index contributed by atoms with van der Waals surface area (Å²) >= 11 is 0. The number of carbonyl (C=O) groups excluding carboxylic acids is 1. The molecule has 0 saturated carbocycles. The molecule has 0 spiro atoms. The summed E-state index contributed by atoms with van der Waals surface area (Å²) in [4.78, 5) is 30.6. The number of hydrogen-bond donors (Lipinski definition) is 4. The molecule has 1 saturated heterocycles. The molecule has 2 heterocycles. The van der Waals surface area contributed by atoms with E-state index in [4.69, 9.17) is 5.11 Å². The summed E-state index contributed by atoms with van der Waals surface area (Å²) in [5.41, 5.74) is 0. The van der Waals surface area contributed by atoms with Gasteiger partial charge in [-0.05, 0) is 0 Å². The van der Waals surface area contributed by atoms with E-state index in [1.54, 1.807) is 12.4 Å². The molecule has 1 fully saturated rings. The lowest BCUT2D eigenvalue weighted by Gasteiger charge is -2.21. The van der Waals surface area contributed by atoms with Crippen LogP contribution >= 0.6 is 0 Å². The number of aromatic amines is 1. The largest absolute Gasteiger partial charge is 0.480 e. The van der Waals surface area contributed by atoms with E-state index in [0.29, 0.717) is 5.82 Å². The topological polar surface area (TPSA) is 119 Å². The number of aromatic nitrogens is 2. The summed E-state index contributed by atoms with van der Waals surface area (Å²) in [6.45, 7) is 0.214. The molecule has 8 heteroatoms. The third kappa shape index (κ3) is 2.59. The fourth-order valence-corrected chi connectivity index (χ4v) is 1.93. The molecule has 0 unspecified atom stereocenters. The number of nitrogens with zero attached hydrogens (tertiary/aromatic N) is 2. The van der Waals surface area contributed by atoms with Gasteiger partial charge in [-0.1, -0.05) is 0 Å². The van der Waals surface area contributed by atoms with Gasteiger partial charge in [0.2, 0.25) is 0 Å². The second kappa shape index (κ2) is 5.05. The number of aliphatic carboxylic acids is 1. The number of likely N-dealkylation sites (tertiary alicyclic amines) is 1. The van der Waals surface area contributed by atoms with Gasteiger partial charge in [0, 0.05) is 25.4 Å². The maximum absolute atomic E-state index is 11.8. The molecule has 8 nitrogen and oxygen atoms in total. The molecule has 98 valence electrons. The van der Waals surface area contributed by atoms with Crippen LogP contribution in [0.15, 0.2) is 12.4 Å². The lowest BCUT2D eigenvalue weighted by molar-refractivity contribution is -0.141. The SMILES string of the molecule is O=C(O)[C@@H]1C[C@@H](O)CN1C(=O)NCc1ncc[nH]1. The Labute approximate surface area is 103 Å². The zero-order valence-corrected chi connectivity index (χ0v) is 9.54. The number of nitrogens with one attached hydrogen (secondary N) is 2. The standard InChI is InChI=1S/C10H14N4O4/c15-6-3-7(9(16)17)14(5-6)10(18)13-4-8-11-1-2-12-8/h1-2,6-7,15H,3-5H2,(H,11,12)(H,13,18)(H,16,17)/t6-,7+/m1/s1. The Hall–Kier alpha value is -2.09. The Morgan fingerprint density at radius 3 is 3.00 bits per heavy atom. The van der Waals surface area contributed by atoms with E-state index in [9.17, 15) is 14.7 Å². The van der Waals surface area contributed by atoms with Crippen molar-refractivity contribution >= 4 is 12.0 Å². The van der Waals surface area contributed by atoms with Gasteiger partial charge in [-0.15, -0.1) is 0 Å². The molecule has 4 N–H and O–H groups in total. The van der Waals surface area contributed by atoms with Gasteiger partial charge in [-0.3, -0.25) is 0 Å². The lowest BCUT2D eigenvalue weighted by Crippen LogP contribution is -2.46. The fourth-order valence-electron chi connectivity index (χ4n) is 1.93. The van der Waals surface area contributed by atoms with Crippen LogP contribution in [0.25, 0.3) is 0 Å². The van der Waals surface area contributed by atoms with Crippen molar-refractivity contribution in [3.8, 4) is 0 Å². The molecule has 0 aliphatic carbocycles. The van der Waals surface area contributed by atoms with Crippen LogP contribution in [-0.2, 0) is 11.3 Å². The first-order valence-electron chi connectivity index (χ1n) is 5.51. The van der Waals surface area contributed by atoms with E-state index < -0.39 is 24.1 Å². The predicted molar refractivity (Wildman–Crippen MR) is 59.6 cm³/mol. The van der Waals surface area contributed by atoms with Gasteiger partial charge < -0.3 is 25.4 Å². The van der Waals surface area contributed by atoms with Crippen molar-refractivity contribution in [3.63, 3.8) is 0 Å². The van der Waals surface area contributed by atoms with Gasteiger partial charge in [0.25, 0.3) is 0 Å². The molecule has 1 aliphatic rings. The number of aliphatic hydroxyl groups is 1. The number of carboxylic acid groups (broad SMARTS) is 1. The van der Waals surface area contributed by atoms with Gasteiger partial charge in [0.05, 0.1) is 12.6 Å². The number of urea groups is 1. The highest BCUT2D eigenvalue weighted by atomic mass is 16.4. The summed E-state index contributed by atoms with van der Waals surface area (Å²) in [6, 6.07) is -1.49. The quantitative estimate of drug-likeness (QED) is 0.559. The van der Waals surface area contributed by atoms with Crippen LogP contribution in [0.3, 0.4) is 0 Å². The molecule has 0 aromatic carbocycles. The molecule has 1 aliphatic heterocycles. The van der Waals surface area contributed by atoms with Crippen LogP contribution in [0.1, 0.15) is 12.2 Å². The first-order valence-corrected chi connectivity index (χ1v) is 5.51. The zero-order chi connectivity index (χ0) is 13.1. The first-order chi connectivity index (χ1) is 8.58. The smallest absolute Gasteiger partial charge is 0.326 e. The lowest BCUT2D eigenvalue weighted by atomic mass is 10.2. The molecule has 18 heavy (non-hydrogen) atoms. The van der Waals surface area contributed by atoms with Crippen LogP contribution in [0, 0.1) is 0 Å². The van der Waals surface area contributed by atoms with E-state index in [1.807, 2.05) is 0 Å². The minimum absolute atomic E-state index is 0.0287. The first kappa shape index (κ1) is 12.4. The summed E-state index contributed by atoms with van der Waals surface area (Å²) in [6.07, 6.45) is 2.45. The van der Waals surface area contributed by atoms with Gasteiger partial charge in [-0.25, -0.2) is 14.6 Å². The highest BCUT2D eigenvalue weighted by molar-refractivity contribution is 5.83. The molecule has 0 bridgehead atoms. The molecule has 2 atom stereocenters. The maximum atomic E-state index is 11.8. The van der Waals surface area contributed by atoms with Crippen molar-refractivity contribution in [2.24, 2.45) is 0 Å². The summed E-state index contributed by atoms with van der Waals surface area (Å²) in [7, 11) is 0. The van der Waals surface area contributed by atoms with Gasteiger partial charge in [-0.2, -0.15) is 0 Å². The minimum atomic E-state index is -1.11. The number of hydrogen-bond acceptors (Lipinski definition) is 4. The molecule has 0 radical (unpaired) electrons. The average molecular weight is 254 g/mol. The Bertz CT molecular complexity index is 433. The highest BCUT2D eigenvalue weighted by Crippen LogP contribution is 2.18. The summed E-state index contributed by atoms with van der Waals surface area (Å²) in [5.74, 6) is -0.533. The number of H-pyrrole nitrogens is 1. The summed E-state index contributed by atoms with van der Waals surface area (Å²) < 4.78 is 0. The van der Waals surface area contributed by atoms with Crippen molar-refractivity contribution < 1.29 is 19.8 Å². The van der Waals surface area contributed by atoms with Crippen molar-refractivity contribution in [2.45, 2.75) is 25.1 Å². The maximum Gasteiger partial charge on any atom is 0.326 e. The normalized spacial score (nSPS) is 23.1. The van der Waals surface area contributed by atoms with Gasteiger partial charge in [0.15, 0.2) is 0 Å². The second-order valence-electron chi connectivity index (χ2n) is 4.09. The summed E-state index contributed by atoms with van der Waals surface area (Å²) in [5, 5.41) is 20.9. The Balaban J connectivity index is 1.93. The monoisotopic (exact) mass is 254 g/mol. The van der Waals surface area contributed by atoms with Crippen molar-refractivity contribution in [1.29, 1.82) is 0 Å². The average Bonchev–Trinajstić information content (AvgIpc) is 2.94. The predicted octanol–water partition coefficient (Wildman–Crippen LogP) is -0.861. The van der Waals surface area contributed by atoms with Gasteiger partial charge >= 0.3 is 12.0 Å². The van der Waals surface area contributed by atoms with E-state index in [1.165, 1.54) is 0 Å². The third-order valence-electron chi connectivity index (χ3n) is 2.79.